The van der Waals surface area contributed by atoms with Gasteiger partial charge in [0.2, 0.25) is 5.12 Å². The molecule has 0 spiro atoms. The summed E-state index contributed by atoms with van der Waals surface area (Å²) in [7, 11) is 0. The van der Waals surface area contributed by atoms with Crippen LogP contribution in [0.4, 0.5) is 0 Å². The van der Waals surface area contributed by atoms with E-state index in [2.05, 4.69) is 0 Å². The molecule has 1 saturated heterocycles. The molecule has 2 aromatic rings. The van der Waals surface area contributed by atoms with Crippen LogP contribution in [0.5, 0.6) is 0 Å². The lowest BCUT2D eigenvalue weighted by molar-refractivity contribution is -0.135. The Morgan fingerprint density at radius 2 is 1.46 bits per heavy atom. The number of aryl methyl sites for hydroxylation is 1. The van der Waals surface area contributed by atoms with Crippen LogP contribution < -0.4 is 0 Å². The van der Waals surface area contributed by atoms with Gasteiger partial charge in [-0.2, -0.15) is 0 Å². The van der Waals surface area contributed by atoms with Gasteiger partial charge in [-0.15, -0.1) is 0 Å². The largest absolute Gasteiger partial charge is 0.298 e. The van der Waals surface area contributed by atoms with Crippen molar-refractivity contribution in [2.24, 2.45) is 5.92 Å². The maximum absolute atomic E-state index is 12.5. The molecule has 0 saturated carbocycles. The molecule has 1 fully saturated rings. The van der Waals surface area contributed by atoms with Crippen molar-refractivity contribution in [3.63, 3.8) is 0 Å². The predicted molar refractivity (Wildman–Crippen MR) is 94.8 cm³/mol. The molecule has 0 bridgehead atoms. The second kappa shape index (κ2) is 7.58. The second-order valence-corrected chi connectivity index (χ2v) is 7.11. The van der Waals surface area contributed by atoms with E-state index in [9.17, 15) is 14.4 Å². The standard InChI is InChI=1S/C20H18O3S/c21-16(12-11-14-7-3-1-4-8-14)18-19(22)17(24-20(18)23)13-15-9-5-2-6-10-15/h1-10,17-18H,11-13H2. The Morgan fingerprint density at radius 3 is 2.08 bits per heavy atom. The first-order chi connectivity index (χ1) is 11.6. The highest BCUT2D eigenvalue weighted by Gasteiger charge is 2.45. The van der Waals surface area contributed by atoms with Gasteiger partial charge in [-0.3, -0.25) is 14.4 Å². The van der Waals surface area contributed by atoms with Gasteiger partial charge in [-0.25, -0.2) is 0 Å². The maximum atomic E-state index is 12.5. The SMILES string of the molecule is O=C(CCc1ccccc1)C1C(=O)SC(Cc2ccccc2)C1=O. The molecular formula is C20H18O3S. The molecule has 2 unspecified atom stereocenters. The fraction of sp³-hybridized carbons (Fsp3) is 0.250. The van der Waals surface area contributed by atoms with Gasteiger partial charge in [0.1, 0.15) is 5.92 Å². The van der Waals surface area contributed by atoms with Crippen molar-refractivity contribution in [3.8, 4) is 0 Å². The molecule has 122 valence electrons. The van der Waals surface area contributed by atoms with Crippen LogP contribution in [-0.4, -0.2) is 21.9 Å². The molecule has 0 amide bonds. The van der Waals surface area contributed by atoms with Crippen molar-refractivity contribution in [2.45, 2.75) is 24.5 Å². The molecule has 0 aromatic heterocycles. The summed E-state index contributed by atoms with van der Waals surface area (Å²) < 4.78 is 0. The minimum absolute atomic E-state index is 0.227. The van der Waals surface area contributed by atoms with E-state index in [-0.39, 0.29) is 23.1 Å². The van der Waals surface area contributed by atoms with E-state index in [0.29, 0.717) is 12.8 Å². The van der Waals surface area contributed by atoms with Crippen molar-refractivity contribution in [2.75, 3.05) is 0 Å². The van der Waals surface area contributed by atoms with E-state index in [1.165, 1.54) is 0 Å². The van der Waals surface area contributed by atoms with E-state index >= 15 is 0 Å². The third-order valence-electron chi connectivity index (χ3n) is 4.18. The number of ketones is 2. The van der Waals surface area contributed by atoms with Crippen LogP contribution in [0.1, 0.15) is 17.5 Å². The lowest BCUT2D eigenvalue weighted by atomic mass is 9.92. The zero-order chi connectivity index (χ0) is 16.9. The lowest BCUT2D eigenvalue weighted by Crippen LogP contribution is -2.29. The smallest absolute Gasteiger partial charge is 0.207 e. The van der Waals surface area contributed by atoms with E-state index in [4.69, 9.17) is 0 Å². The average Bonchev–Trinajstić information content (AvgIpc) is 2.88. The topological polar surface area (TPSA) is 51.2 Å². The molecule has 2 aromatic carbocycles. The highest BCUT2D eigenvalue weighted by Crippen LogP contribution is 2.33. The monoisotopic (exact) mass is 338 g/mol. The number of carbonyl (C=O) groups excluding carboxylic acids is 3. The molecule has 0 aliphatic carbocycles. The number of benzene rings is 2. The van der Waals surface area contributed by atoms with Crippen molar-refractivity contribution in [3.05, 3.63) is 71.8 Å². The zero-order valence-electron chi connectivity index (χ0n) is 13.2. The molecular weight excluding hydrogens is 320 g/mol. The molecule has 4 heteroatoms. The highest BCUT2D eigenvalue weighted by atomic mass is 32.2. The van der Waals surface area contributed by atoms with E-state index < -0.39 is 11.2 Å². The summed E-state index contributed by atoms with van der Waals surface area (Å²) in [4.78, 5) is 37.1. The van der Waals surface area contributed by atoms with Gasteiger partial charge in [-0.1, -0.05) is 72.4 Å². The first kappa shape index (κ1) is 16.7. The Balaban J connectivity index is 1.62. The summed E-state index contributed by atoms with van der Waals surface area (Å²) >= 11 is 1.02. The predicted octanol–water partition coefficient (Wildman–Crippen LogP) is 3.26. The van der Waals surface area contributed by atoms with E-state index in [0.717, 1.165) is 22.9 Å². The third kappa shape index (κ3) is 3.82. The van der Waals surface area contributed by atoms with Gasteiger partial charge in [0, 0.05) is 6.42 Å². The molecule has 2 atom stereocenters. The molecule has 1 heterocycles. The second-order valence-electron chi connectivity index (χ2n) is 5.90. The van der Waals surface area contributed by atoms with Crippen LogP contribution in [0.2, 0.25) is 0 Å². The van der Waals surface area contributed by atoms with Gasteiger partial charge >= 0.3 is 0 Å². The minimum atomic E-state index is -1.08. The fourth-order valence-corrected chi connectivity index (χ4v) is 4.08. The summed E-state index contributed by atoms with van der Waals surface area (Å²) in [5, 5.41) is -0.732. The Morgan fingerprint density at radius 1 is 0.875 bits per heavy atom. The Labute approximate surface area is 145 Å². The Bertz CT molecular complexity index is 740. The van der Waals surface area contributed by atoms with Gasteiger partial charge in [-0.05, 0) is 24.0 Å². The molecule has 3 rings (SSSR count). The van der Waals surface area contributed by atoms with Gasteiger partial charge < -0.3 is 0 Å². The molecule has 1 aliphatic rings. The van der Waals surface area contributed by atoms with Crippen LogP contribution in [0.3, 0.4) is 0 Å². The van der Waals surface area contributed by atoms with Crippen LogP contribution in [0.25, 0.3) is 0 Å². The summed E-state index contributed by atoms with van der Waals surface area (Å²) in [6, 6.07) is 19.2. The summed E-state index contributed by atoms with van der Waals surface area (Å²) in [5.74, 6) is -1.56. The lowest BCUT2D eigenvalue weighted by Gasteiger charge is -2.08. The van der Waals surface area contributed by atoms with E-state index in [1.807, 2.05) is 60.7 Å². The van der Waals surface area contributed by atoms with Gasteiger partial charge in [0.05, 0.1) is 5.25 Å². The number of hydrogen-bond donors (Lipinski definition) is 0. The van der Waals surface area contributed by atoms with Crippen molar-refractivity contribution < 1.29 is 14.4 Å². The number of Topliss-reactive ketones (excluding diaryl/α,β-unsaturated/α-hetero) is 2. The molecule has 0 radical (unpaired) electrons. The average molecular weight is 338 g/mol. The van der Waals surface area contributed by atoms with Crippen molar-refractivity contribution >= 4 is 28.4 Å². The molecule has 24 heavy (non-hydrogen) atoms. The normalized spacial score (nSPS) is 20.3. The van der Waals surface area contributed by atoms with Crippen molar-refractivity contribution in [1.29, 1.82) is 0 Å². The first-order valence-electron chi connectivity index (χ1n) is 8.00. The maximum Gasteiger partial charge on any atom is 0.207 e. The quantitative estimate of drug-likeness (QED) is 0.759. The summed E-state index contributed by atoms with van der Waals surface area (Å²) in [6.07, 6.45) is 1.29. The Kier molecular flexibility index (Phi) is 5.26. The molecule has 0 N–H and O–H groups in total. The van der Waals surface area contributed by atoms with Crippen LogP contribution >= 0.6 is 11.8 Å². The van der Waals surface area contributed by atoms with Gasteiger partial charge in [0.15, 0.2) is 11.6 Å². The zero-order valence-corrected chi connectivity index (χ0v) is 14.0. The summed E-state index contributed by atoms with van der Waals surface area (Å²) in [6.45, 7) is 0. The number of hydrogen-bond acceptors (Lipinski definition) is 4. The number of thioether (sulfide) groups is 1. The van der Waals surface area contributed by atoms with Crippen LogP contribution in [0.15, 0.2) is 60.7 Å². The number of rotatable bonds is 6. The first-order valence-corrected chi connectivity index (χ1v) is 8.88. The minimum Gasteiger partial charge on any atom is -0.298 e. The fourth-order valence-electron chi connectivity index (χ4n) is 2.89. The van der Waals surface area contributed by atoms with Crippen LogP contribution in [-0.2, 0) is 27.2 Å². The highest BCUT2D eigenvalue weighted by molar-refractivity contribution is 8.15. The van der Waals surface area contributed by atoms with Crippen LogP contribution in [0, 0.1) is 5.92 Å². The third-order valence-corrected chi connectivity index (χ3v) is 5.34. The molecule has 1 aliphatic heterocycles. The summed E-state index contributed by atoms with van der Waals surface area (Å²) in [5.41, 5.74) is 2.05. The number of carbonyl (C=O) groups is 3. The molecule has 3 nitrogen and oxygen atoms in total. The van der Waals surface area contributed by atoms with Gasteiger partial charge in [0.25, 0.3) is 0 Å². The van der Waals surface area contributed by atoms with E-state index in [1.54, 1.807) is 0 Å². The van der Waals surface area contributed by atoms with Crippen molar-refractivity contribution in [1.82, 2.24) is 0 Å². The Hall–Kier alpha value is -2.20.